The van der Waals surface area contributed by atoms with Gasteiger partial charge in [-0.05, 0) is 122 Å². The molecule has 1 N–H and O–H groups in total. The summed E-state index contributed by atoms with van der Waals surface area (Å²) >= 11 is 0. The zero-order chi connectivity index (χ0) is 26.3. The molecule has 5 aliphatic carbocycles. The standard InChI is InChI=1S/C32H52O4/c1-20(2)21-11-16-32(19-36-27(34)35-8)18-17-30(6)22(26(21)32)9-10-24-29(5)14-13-25(33)28(3,4)23(29)12-15-31(24,30)7/h21-26,33H,1,9-19H2,2-8H3/t21-,22?,23?,24?,25-,26?,29-,30+,31+,32+/m0/s1. The Labute approximate surface area is 220 Å². The maximum atomic E-state index is 12.0. The van der Waals surface area contributed by atoms with E-state index in [-0.39, 0.29) is 22.3 Å². The molecule has 10 atom stereocenters. The van der Waals surface area contributed by atoms with Crippen molar-refractivity contribution >= 4 is 6.16 Å². The van der Waals surface area contributed by atoms with Crippen molar-refractivity contribution in [1.29, 1.82) is 0 Å². The van der Waals surface area contributed by atoms with Gasteiger partial charge in [0.05, 0.1) is 13.2 Å². The Balaban J connectivity index is 1.51. The van der Waals surface area contributed by atoms with Crippen LogP contribution in [0.3, 0.4) is 0 Å². The number of allylic oxidation sites excluding steroid dienone is 1. The van der Waals surface area contributed by atoms with Crippen molar-refractivity contribution < 1.29 is 19.4 Å². The number of methoxy groups -OCH3 is 1. The van der Waals surface area contributed by atoms with Gasteiger partial charge in [0, 0.05) is 5.41 Å². The molecule has 0 amide bonds. The van der Waals surface area contributed by atoms with Crippen LogP contribution in [0.25, 0.3) is 0 Å². The second kappa shape index (κ2) is 8.48. The molecule has 4 heteroatoms. The van der Waals surface area contributed by atoms with Gasteiger partial charge in [-0.2, -0.15) is 0 Å². The first kappa shape index (κ1) is 26.6. The van der Waals surface area contributed by atoms with Gasteiger partial charge in [-0.15, -0.1) is 0 Å². The summed E-state index contributed by atoms with van der Waals surface area (Å²) in [5, 5.41) is 11.0. The molecule has 0 aromatic rings. The summed E-state index contributed by atoms with van der Waals surface area (Å²) in [6, 6.07) is 0. The number of carbonyl (C=O) groups excluding carboxylic acids is 1. The lowest BCUT2D eigenvalue weighted by Gasteiger charge is -2.73. The minimum atomic E-state index is -0.542. The Morgan fingerprint density at radius 2 is 1.61 bits per heavy atom. The van der Waals surface area contributed by atoms with Crippen molar-refractivity contribution in [1.82, 2.24) is 0 Å². The van der Waals surface area contributed by atoms with Crippen molar-refractivity contribution in [3.8, 4) is 0 Å². The molecule has 204 valence electrons. The lowest BCUT2D eigenvalue weighted by Crippen LogP contribution is -2.66. The van der Waals surface area contributed by atoms with Crippen LogP contribution in [-0.4, -0.2) is 31.1 Å². The summed E-state index contributed by atoms with van der Waals surface area (Å²) in [5.74, 6) is 3.00. The summed E-state index contributed by atoms with van der Waals surface area (Å²) in [5.41, 5.74) is 2.25. The summed E-state index contributed by atoms with van der Waals surface area (Å²) in [6.07, 6.45) is 11.1. The molecular formula is C32H52O4. The molecule has 4 nitrogen and oxygen atoms in total. The number of hydrogen-bond acceptors (Lipinski definition) is 4. The maximum Gasteiger partial charge on any atom is 0.507 e. The fraction of sp³-hybridized carbons (Fsp3) is 0.906. The van der Waals surface area contributed by atoms with E-state index in [2.05, 4.69) is 48.1 Å². The van der Waals surface area contributed by atoms with E-state index in [0.29, 0.717) is 47.0 Å². The van der Waals surface area contributed by atoms with Crippen LogP contribution in [-0.2, 0) is 9.47 Å². The zero-order valence-electron chi connectivity index (χ0n) is 24.1. The van der Waals surface area contributed by atoms with Gasteiger partial charge in [-0.1, -0.05) is 46.8 Å². The lowest BCUT2D eigenvalue weighted by atomic mass is 9.32. The van der Waals surface area contributed by atoms with Gasteiger partial charge in [0.1, 0.15) is 6.61 Å². The average molecular weight is 501 g/mol. The molecule has 0 aliphatic heterocycles. The second-order valence-electron chi connectivity index (χ2n) is 15.2. The maximum absolute atomic E-state index is 12.0. The molecule has 36 heavy (non-hydrogen) atoms. The smallest absolute Gasteiger partial charge is 0.438 e. The molecule has 0 spiro atoms. The van der Waals surface area contributed by atoms with Gasteiger partial charge in [-0.3, -0.25) is 0 Å². The van der Waals surface area contributed by atoms with Crippen LogP contribution >= 0.6 is 0 Å². The first-order chi connectivity index (χ1) is 16.8. The van der Waals surface area contributed by atoms with E-state index < -0.39 is 6.16 Å². The van der Waals surface area contributed by atoms with E-state index in [1.54, 1.807) is 0 Å². The van der Waals surface area contributed by atoms with Crippen LogP contribution in [0.15, 0.2) is 12.2 Å². The minimum Gasteiger partial charge on any atom is -0.438 e. The monoisotopic (exact) mass is 500 g/mol. The molecule has 4 unspecified atom stereocenters. The topological polar surface area (TPSA) is 55.8 Å². The molecule has 0 radical (unpaired) electrons. The molecular weight excluding hydrogens is 448 g/mol. The first-order valence-electron chi connectivity index (χ1n) is 14.8. The molecule has 5 aliphatic rings. The van der Waals surface area contributed by atoms with E-state index >= 15 is 0 Å². The van der Waals surface area contributed by atoms with Crippen LogP contribution in [0.1, 0.15) is 106 Å². The third kappa shape index (κ3) is 3.37. The lowest BCUT2D eigenvalue weighted by molar-refractivity contribution is -0.249. The fourth-order valence-corrected chi connectivity index (χ4v) is 11.8. The molecule has 0 heterocycles. The first-order valence-corrected chi connectivity index (χ1v) is 14.8. The van der Waals surface area contributed by atoms with Crippen molar-refractivity contribution in [3.63, 3.8) is 0 Å². The Morgan fingerprint density at radius 1 is 0.889 bits per heavy atom. The number of aliphatic hydroxyl groups is 1. The van der Waals surface area contributed by atoms with E-state index in [9.17, 15) is 9.90 Å². The largest absolute Gasteiger partial charge is 0.507 e. The summed E-state index contributed by atoms with van der Waals surface area (Å²) in [6.45, 7) is 19.8. The Bertz CT molecular complexity index is 910. The number of carbonyl (C=O) groups is 1. The molecule has 0 aromatic carbocycles. The third-order valence-electron chi connectivity index (χ3n) is 13.9. The SMILES string of the molecule is C=C(C)[C@@H]1CC[C@]2(COC(=O)OC)CC[C@]3(C)C(CCC4[C@@]5(C)CC[C@H](O)C(C)(C)C5CC[C@]43C)C12. The summed E-state index contributed by atoms with van der Waals surface area (Å²) < 4.78 is 10.6. The minimum absolute atomic E-state index is 0.00444. The predicted octanol–water partition coefficient (Wildman–Crippen LogP) is 7.79. The Morgan fingerprint density at radius 3 is 2.28 bits per heavy atom. The average Bonchev–Trinajstić information content (AvgIpc) is 3.21. The number of fused-ring (bicyclic) bond motifs is 7. The molecule has 5 rings (SSSR count). The van der Waals surface area contributed by atoms with E-state index in [4.69, 9.17) is 9.47 Å². The normalized spacial score (nSPS) is 51.2. The van der Waals surface area contributed by atoms with Gasteiger partial charge < -0.3 is 14.6 Å². The van der Waals surface area contributed by atoms with Gasteiger partial charge in [0.2, 0.25) is 0 Å². The molecule has 0 saturated heterocycles. The predicted molar refractivity (Wildman–Crippen MR) is 143 cm³/mol. The van der Waals surface area contributed by atoms with Crippen molar-refractivity contribution in [3.05, 3.63) is 12.2 Å². The van der Waals surface area contributed by atoms with Crippen molar-refractivity contribution in [2.75, 3.05) is 13.7 Å². The van der Waals surface area contributed by atoms with Crippen LogP contribution in [0.2, 0.25) is 0 Å². The summed E-state index contributed by atoms with van der Waals surface area (Å²) in [4.78, 5) is 12.0. The van der Waals surface area contributed by atoms with E-state index in [0.717, 1.165) is 25.7 Å². The quantitative estimate of drug-likeness (QED) is 0.317. The number of rotatable bonds is 3. The fourth-order valence-electron chi connectivity index (χ4n) is 11.8. The van der Waals surface area contributed by atoms with Crippen molar-refractivity contribution in [2.24, 2.45) is 56.7 Å². The highest BCUT2D eigenvalue weighted by Crippen LogP contribution is 2.77. The summed E-state index contributed by atoms with van der Waals surface area (Å²) in [7, 11) is 1.41. The van der Waals surface area contributed by atoms with Gasteiger partial charge in [0.25, 0.3) is 0 Å². The number of hydrogen-bond donors (Lipinski definition) is 1. The third-order valence-corrected chi connectivity index (χ3v) is 13.9. The van der Waals surface area contributed by atoms with Gasteiger partial charge >= 0.3 is 6.16 Å². The highest BCUT2D eigenvalue weighted by Gasteiger charge is 2.71. The van der Waals surface area contributed by atoms with E-state index in [1.165, 1.54) is 51.2 Å². The second-order valence-corrected chi connectivity index (χ2v) is 15.2. The number of aliphatic hydroxyl groups excluding tert-OH is 1. The Hall–Kier alpha value is -1.03. The Kier molecular flexibility index (Phi) is 6.26. The van der Waals surface area contributed by atoms with Gasteiger partial charge in [-0.25, -0.2) is 4.79 Å². The molecule has 0 bridgehead atoms. The molecule has 5 fully saturated rings. The molecule has 0 aromatic heterocycles. The van der Waals surface area contributed by atoms with Gasteiger partial charge in [0.15, 0.2) is 0 Å². The molecule has 5 saturated carbocycles. The highest BCUT2D eigenvalue weighted by molar-refractivity contribution is 5.59. The van der Waals surface area contributed by atoms with Crippen LogP contribution < -0.4 is 0 Å². The number of ether oxygens (including phenoxy) is 2. The highest BCUT2D eigenvalue weighted by atomic mass is 16.7. The van der Waals surface area contributed by atoms with Crippen LogP contribution in [0.5, 0.6) is 0 Å². The zero-order valence-corrected chi connectivity index (χ0v) is 24.1. The van der Waals surface area contributed by atoms with E-state index in [1.807, 2.05) is 0 Å². The van der Waals surface area contributed by atoms with Crippen LogP contribution in [0.4, 0.5) is 4.79 Å². The van der Waals surface area contributed by atoms with Crippen molar-refractivity contribution in [2.45, 2.75) is 112 Å². The van der Waals surface area contributed by atoms with Crippen LogP contribution in [0, 0.1) is 56.7 Å².